The molecule has 5 heteroatoms. The molecule has 1 aliphatic carbocycles. The van der Waals surface area contributed by atoms with Crippen LogP contribution in [0.1, 0.15) is 26.7 Å². The molecule has 0 heterocycles. The number of benzene rings is 1. The van der Waals surface area contributed by atoms with E-state index in [9.17, 15) is 10.1 Å². The lowest BCUT2D eigenvalue weighted by molar-refractivity contribution is -0.386. The van der Waals surface area contributed by atoms with Crippen LogP contribution in [0.5, 0.6) is 11.5 Å². The summed E-state index contributed by atoms with van der Waals surface area (Å²) in [7, 11) is 0. The van der Waals surface area contributed by atoms with E-state index in [0.717, 1.165) is 12.8 Å². The molecule has 0 atom stereocenters. The summed E-state index contributed by atoms with van der Waals surface area (Å²) in [5.41, 5.74) is -0.00648. The van der Waals surface area contributed by atoms with Crippen molar-refractivity contribution in [1.82, 2.24) is 0 Å². The summed E-state index contributed by atoms with van der Waals surface area (Å²) in [5.74, 6) is 0.900. The summed E-state index contributed by atoms with van der Waals surface area (Å²) in [6.07, 6.45) is 2.09. The molecule has 2 rings (SSSR count). The first-order valence-corrected chi connectivity index (χ1v) is 5.68. The van der Waals surface area contributed by atoms with Crippen LogP contribution in [-0.2, 0) is 0 Å². The van der Waals surface area contributed by atoms with Gasteiger partial charge >= 0.3 is 5.69 Å². The van der Waals surface area contributed by atoms with E-state index in [2.05, 4.69) is 0 Å². The number of nitrogens with zero attached hydrogens (tertiary/aromatic N) is 1. The smallest absolute Gasteiger partial charge is 0.311 e. The number of hydrogen-bond acceptors (Lipinski definition) is 4. The van der Waals surface area contributed by atoms with Crippen LogP contribution in [0.3, 0.4) is 0 Å². The number of nitro groups is 1. The topological polar surface area (TPSA) is 61.6 Å². The zero-order valence-electron chi connectivity index (χ0n) is 9.88. The molecule has 1 aromatic rings. The molecule has 0 amide bonds. The first-order chi connectivity index (χ1) is 8.06. The predicted octanol–water partition coefficient (Wildman–Crippen LogP) is 2.92. The Balaban J connectivity index is 2.24. The minimum absolute atomic E-state index is 0.00648. The van der Waals surface area contributed by atoms with Gasteiger partial charge in [0.25, 0.3) is 0 Å². The third kappa shape index (κ3) is 3.09. The van der Waals surface area contributed by atoms with E-state index in [4.69, 9.17) is 9.47 Å². The first kappa shape index (κ1) is 11.7. The second-order valence-corrected chi connectivity index (χ2v) is 4.37. The van der Waals surface area contributed by atoms with Crippen molar-refractivity contribution >= 4 is 5.69 Å². The zero-order chi connectivity index (χ0) is 12.4. The van der Waals surface area contributed by atoms with Crippen molar-refractivity contribution < 1.29 is 14.4 Å². The van der Waals surface area contributed by atoms with Crippen LogP contribution in [0.2, 0.25) is 0 Å². The third-order valence-electron chi connectivity index (χ3n) is 2.32. The molecule has 1 fully saturated rings. The van der Waals surface area contributed by atoms with E-state index >= 15 is 0 Å². The Bertz CT molecular complexity index is 427. The molecule has 92 valence electrons. The lowest BCUT2D eigenvalue weighted by Gasteiger charge is -2.11. The number of ether oxygens (including phenoxy) is 2. The van der Waals surface area contributed by atoms with Gasteiger partial charge in [-0.2, -0.15) is 0 Å². The Kier molecular flexibility index (Phi) is 3.17. The summed E-state index contributed by atoms with van der Waals surface area (Å²) in [6, 6.07) is 4.61. The predicted molar refractivity (Wildman–Crippen MR) is 62.5 cm³/mol. The fraction of sp³-hybridized carbons (Fsp3) is 0.500. The van der Waals surface area contributed by atoms with Crippen LogP contribution >= 0.6 is 0 Å². The van der Waals surface area contributed by atoms with Crippen LogP contribution in [0.4, 0.5) is 5.69 Å². The first-order valence-electron chi connectivity index (χ1n) is 5.68. The van der Waals surface area contributed by atoms with E-state index in [1.54, 1.807) is 12.1 Å². The lowest BCUT2D eigenvalue weighted by Crippen LogP contribution is -2.06. The second-order valence-electron chi connectivity index (χ2n) is 4.37. The van der Waals surface area contributed by atoms with Crippen molar-refractivity contribution in [3.63, 3.8) is 0 Å². The molecule has 0 unspecified atom stereocenters. The molecule has 17 heavy (non-hydrogen) atoms. The molecule has 0 aromatic heterocycles. The van der Waals surface area contributed by atoms with E-state index in [0.29, 0.717) is 11.5 Å². The van der Waals surface area contributed by atoms with Gasteiger partial charge in [0, 0.05) is 12.1 Å². The Morgan fingerprint density at radius 2 is 2.12 bits per heavy atom. The number of hydrogen-bond donors (Lipinski definition) is 0. The molecule has 0 bridgehead atoms. The SMILES string of the molecule is CC(C)Oc1ccc([N+](=O)[O-])c(OC2CC2)c1. The lowest BCUT2D eigenvalue weighted by atomic mass is 10.2. The van der Waals surface area contributed by atoms with Crippen LogP contribution in [0.15, 0.2) is 18.2 Å². The summed E-state index contributed by atoms with van der Waals surface area (Å²) < 4.78 is 11.0. The third-order valence-corrected chi connectivity index (χ3v) is 2.32. The van der Waals surface area contributed by atoms with E-state index < -0.39 is 4.92 Å². The van der Waals surface area contributed by atoms with E-state index in [1.165, 1.54) is 6.07 Å². The van der Waals surface area contributed by atoms with Crippen molar-refractivity contribution in [3.05, 3.63) is 28.3 Å². The Morgan fingerprint density at radius 1 is 1.41 bits per heavy atom. The normalized spacial score (nSPS) is 14.8. The Hall–Kier alpha value is -1.78. The van der Waals surface area contributed by atoms with Gasteiger partial charge in [-0.1, -0.05) is 0 Å². The van der Waals surface area contributed by atoms with Gasteiger partial charge in [-0.3, -0.25) is 10.1 Å². The van der Waals surface area contributed by atoms with Crippen molar-refractivity contribution in [2.45, 2.75) is 38.9 Å². The largest absolute Gasteiger partial charge is 0.491 e. The summed E-state index contributed by atoms with van der Waals surface area (Å²) in [4.78, 5) is 10.4. The van der Waals surface area contributed by atoms with Gasteiger partial charge < -0.3 is 9.47 Å². The molecular weight excluding hydrogens is 222 g/mol. The van der Waals surface area contributed by atoms with E-state index in [-0.39, 0.29) is 17.9 Å². The fourth-order valence-electron chi connectivity index (χ4n) is 1.45. The quantitative estimate of drug-likeness (QED) is 0.583. The fourth-order valence-corrected chi connectivity index (χ4v) is 1.45. The minimum Gasteiger partial charge on any atom is -0.491 e. The number of nitro benzene ring substituents is 1. The highest BCUT2D eigenvalue weighted by molar-refractivity contribution is 5.50. The Morgan fingerprint density at radius 3 is 2.65 bits per heavy atom. The molecule has 0 N–H and O–H groups in total. The maximum atomic E-state index is 10.8. The molecule has 0 spiro atoms. The van der Waals surface area contributed by atoms with Gasteiger partial charge in [0.15, 0.2) is 0 Å². The molecular formula is C12H15NO4. The molecule has 5 nitrogen and oxygen atoms in total. The highest BCUT2D eigenvalue weighted by Gasteiger charge is 2.27. The summed E-state index contributed by atoms with van der Waals surface area (Å²) in [5, 5.41) is 10.8. The van der Waals surface area contributed by atoms with Gasteiger partial charge in [-0.05, 0) is 32.8 Å². The summed E-state index contributed by atoms with van der Waals surface area (Å²) in [6.45, 7) is 3.81. The molecule has 1 saturated carbocycles. The van der Waals surface area contributed by atoms with Crippen molar-refractivity contribution in [3.8, 4) is 11.5 Å². The van der Waals surface area contributed by atoms with Gasteiger partial charge in [-0.25, -0.2) is 0 Å². The van der Waals surface area contributed by atoms with Crippen LogP contribution in [0, 0.1) is 10.1 Å². The van der Waals surface area contributed by atoms with Gasteiger partial charge in [-0.15, -0.1) is 0 Å². The van der Waals surface area contributed by atoms with Gasteiger partial charge in [0.2, 0.25) is 5.75 Å². The molecule has 1 aliphatic rings. The highest BCUT2D eigenvalue weighted by Crippen LogP contribution is 2.36. The van der Waals surface area contributed by atoms with Crippen molar-refractivity contribution in [1.29, 1.82) is 0 Å². The standard InChI is InChI=1S/C12H15NO4/c1-8(2)16-10-5-6-11(13(14)15)12(7-10)17-9-3-4-9/h5-9H,3-4H2,1-2H3. The van der Waals surface area contributed by atoms with E-state index in [1.807, 2.05) is 13.8 Å². The molecule has 0 aliphatic heterocycles. The summed E-state index contributed by atoms with van der Waals surface area (Å²) >= 11 is 0. The maximum Gasteiger partial charge on any atom is 0.311 e. The zero-order valence-corrected chi connectivity index (χ0v) is 9.88. The second kappa shape index (κ2) is 4.61. The maximum absolute atomic E-state index is 10.8. The van der Waals surface area contributed by atoms with Crippen LogP contribution in [0.25, 0.3) is 0 Å². The minimum atomic E-state index is -0.434. The molecule has 1 aromatic carbocycles. The average molecular weight is 237 g/mol. The Labute approximate surface area is 99.5 Å². The van der Waals surface area contributed by atoms with Crippen molar-refractivity contribution in [2.75, 3.05) is 0 Å². The highest BCUT2D eigenvalue weighted by atomic mass is 16.6. The van der Waals surface area contributed by atoms with Crippen molar-refractivity contribution in [2.24, 2.45) is 0 Å². The van der Waals surface area contributed by atoms with Crippen LogP contribution in [-0.4, -0.2) is 17.1 Å². The van der Waals surface area contributed by atoms with Gasteiger partial charge in [0.05, 0.1) is 17.1 Å². The number of rotatable bonds is 5. The molecule has 0 saturated heterocycles. The monoisotopic (exact) mass is 237 g/mol. The average Bonchev–Trinajstić information content (AvgIpc) is 3.00. The van der Waals surface area contributed by atoms with Gasteiger partial charge in [0.1, 0.15) is 5.75 Å². The van der Waals surface area contributed by atoms with Crippen LogP contribution < -0.4 is 9.47 Å². The molecule has 0 radical (unpaired) electrons.